The van der Waals surface area contributed by atoms with E-state index >= 15 is 0 Å². The van der Waals surface area contributed by atoms with Crippen LogP contribution >= 0.6 is 24.6 Å². The van der Waals surface area contributed by atoms with Gasteiger partial charge in [-0.2, -0.15) is 0 Å². The highest BCUT2D eigenvalue weighted by Crippen LogP contribution is 2.17. The summed E-state index contributed by atoms with van der Waals surface area (Å²) in [7, 11) is 0. The molecule has 1 aliphatic heterocycles. The maximum absolute atomic E-state index is 13.3. The van der Waals surface area contributed by atoms with E-state index in [1.807, 2.05) is 41.8 Å². The molecule has 2 aromatic carbocycles. The predicted octanol–water partition coefficient (Wildman–Crippen LogP) is 4.25. The highest BCUT2D eigenvalue weighted by Gasteiger charge is 2.18. The Hall–Kier alpha value is -3.07. The molecule has 2 aromatic heterocycles. The molecule has 0 N–H and O–H groups in total. The van der Waals surface area contributed by atoms with E-state index < -0.39 is 0 Å². The third-order valence-corrected chi connectivity index (χ3v) is 6.77. The van der Waals surface area contributed by atoms with Crippen LogP contribution in [0.1, 0.15) is 12.2 Å². The summed E-state index contributed by atoms with van der Waals surface area (Å²) < 4.78 is 4.05. The molecule has 1 saturated heterocycles. The second-order valence-corrected chi connectivity index (χ2v) is 8.95. The van der Waals surface area contributed by atoms with Crippen molar-refractivity contribution < 1.29 is 0 Å². The molecule has 0 amide bonds. The van der Waals surface area contributed by atoms with Crippen LogP contribution in [-0.4, -0.2) is 56.7 Å². The lowest BCUT2D eigenvalue weighted by atomic mass is 10.2. The average Bonchev–Trinajstić information content (AvgIpc) is 2.87. The van der Waals surface area contributed by atoms with E-state index in [0.29, 0.717) is 28.2 Å². The SMILES string of the molecule is Cc1ncc2c(=O)n(CCCN3CCN(c4ccccc4)CC3)c(=S)n(-c3ccccc3)c2n1.Cl. The summed E-state index contributed by atoms with van der Waals surface area (Å²) in [4.78, 5) is 27.0. The summed E-state index contributed by atoms with van der Waals surface area (Å²) in [6.07, 6.45) is 2.47. The van der Waals surface area contributed by atoms with Gasteiger partial charge in [0.2, 0.25) is 0 Å². The summed E-state index contributed by atoms with van der Waals surface area (Å²) in [5, 5.41) is 0.486. The maximum Gasteiger partial charge on any atom is 0.265 e. The number of hydrogen-bond donors (Lipinski definition) is 0. The number of fused-ring (bicyclic) bond motifs is 1. The zero-order valence-electron chi connectivity index (χ0n) is 19.7. The van der Waals surface area contributed by atoms with Crippen molar-refractivity contribution in [2.75, 3.05) is 37.6 Å². The molecule has 5 rings (SSSR count). The monoisotopic (exact) mass is 508 g/mol. The predicted molar refractivity (Wildman–Crippen MR) is 146 cm³/mol. The smallest absolute Gasteiger partial charge is 0.265 e. The van der Waals surface area contributed by atoms with E-state index in [0.717, 1.165) is 44.8 Å². The van der Waals surface area contributed by atoms with Crippen molar-refractivity contribution in [3.63, 3.8) is 0 Å². The Balaban J connectivity index is 0.00000289. The Morgan fingerprint density at radius 1 is 0.886 bits per heavy atom. The first kappa shape index (κ1) is 25.0. The molecule has 0 bridgehead atoms. The number of aromatic nitrogens is 4. The van der Waals surface area contributed by atoms with Gasteiger partial charge in [-0.3, -0.25) is 18.8 Å². The van der Waals surface area contributed by atoms with Crippen LogP contribution in [0.25, 0.3) is 16.7 Å². The minimum atomic E-state index is -0.124. The van der Waals surface area contributed by atoms with E-state index in [1.165, 1.54) is 5.69 Å². The van der Waals surface area contributed by atoms with Crippen LogP contribution in [0.5, 0.6) is 0 Å². The van der Waals surface area contributed by atoms with Gasteiger partial charge in [0.1, 0.15) is 11.2 Å². The standard InChI is InChI=1S/C26H28N6OS.ClH/c1-20-27-19-23-24(28-20)32(22-11-6-3-7-12-22)26(34)31(25(23)33)14-8-13-29-15-17-30(18-16-29)21-9-4-2-5-10-21;/h2-7,9-12,19H,8,13-18H2,1H3;1H. The van der Waals surface area contributed by atoms with Gasteiger partial charge in [0, 0.05) is 50.3 Å². The van der Waals surface area contributed by atoms with Gasteiger partial charge in [0.05, 0.1) is 0 Å². The van der Waals surface area contributed by atoms with Gasteiger partial charge < -0.3 is 4.90 Å². The van der Waals surface area contributed by atoms with Crippen molar-refractivity contribution in [1.82, 2.24) is 24.0 Å². The molecule has 1 fully saturated rings. The highest BCUT2D eigenvalue weighted by atomic mass is 35.5. The van der Waals surface area contributed by atoms with Crippen LogP contribution in [0, 0.1) is 11.7 Å². The molecule has 182 valence electrons. The zero-order chi connectivity index (χ0) is 23.5. The molecule has 0 atom stereocenters. The Morgan fingerprint density at radius 2 is 1.51 bits per heavy atom. The molecule has 0 spiro atoms. The van der Waals surface area contributed by atoms with Crippen molar-refractivity contribution in [2.24, 2.45) is 0 Å². The van der Waals surface area contributed by atoms with Crippen LogP contribution in [0.2, 0.25) is 0 Å². The second kappa shape index (κ2) is 11.1. The zero-order valence-corrected chi connectivity index (χ0v) is 21.3. The first-order chi connectivity index (χ1) is 16.6. The van der Waals surface area contributed by atoms with Gasteiger partial charge in [0.25, 0.3) is 5.56 Å². The van der Waals surface area contributed by atoms with Crippen LogP contribution in [0.3, 0.4) is 0 Å². The van der Waals surface area contributed by atoms with Gasteiger partial charge >= 0.3 is 0 Å². The summed E-state index contributed by atoms with van der Waals surface area (Å²) >= 11 is 5.82. The Kier molecular flexibility index (Phi) is 7.95. The van der Waals surface area contributed by atoms with Gasteiger partial charge in [-0.25, -0.2) is 9.97 Å². The van der Waals surface area contributed by atoms with Crippen LogP contribution in [0.4, 0.5) is 5.69 Å². The van der Waals surface area contributed by atoms with Crippen LogP contribution < -0.4 is 10.5 Å². The topological polar surface area (TPSA) is 59.2 Å². The van der Waals surface area contributed by atoms with Gasteiger partial charge in [-0.1, -0.05) is 36.4 Å². The number of rotatable bonds is 6. The second-order valence-electron chi connectivity index (χ2n) is 8.58. The third kappa shape index (κ3) is 5.29. The number of hydrogen-bond acceptors (Lipinski definition) is 6. The summed E-state index contributed by atoms with van der Waals surface area (Å²) in [6, 6.07) is 20.4. The Bertz CT molecular complexity index is 1400. The minimum Gasteiger partial charge on any atom is -0.369 e. The van der Waals surface area contributed by atoms with Gasteiger partial charge in [0.15, 0.2) is 10.4 Å². The number of halogens is 1. The minimum absolute atomic E-state index is 0. The lowest BCUT2D eigenvalue weighted by molar-refractivity contribution is 0.250. The maximum atomic E-state index is 13.3. The highest BCUT2D eigenvalue weighted by molar-refractivity contribution is 7.71. The molecule has 35 heavy (non-hydrogen) atoms. The fourth-order valence-electron chi connectivity index (χ4n) is 4.55. The molecule has 4 aromatic rings. The first-order valence-electron chi connectivity index (χ1n) is 11.7. The summed E-state index contributed by atoms with van der Waals surface area (Å²) in [5.74, 6) is 0.610. The first-order valence-corrected chi connectivity index (χ1v) is 12.1. The molecule has 0 unspecified atom stereocenters. The normalized spacial score (nSPS) is 14.1. The summed E-state index contributed by atoms with van der Waals surface area (Å²) in [5.41, 5.74) is 2.60. The largest absolute Gasteiger partial charge is 0.369 e. The molecule has 0 aliphatic carbocycles. The number of anilines is 1. The van der Waals surface area contributed by atoms with Crippen LogP contribution in [0.15, 0.2) is 71.7 Å². The average molecular weight is 509 g/mol. The van der Waals surface area contributed by atoms with Crippen molar-refractivity contribution in [1.29, 1.82) is 0 Å². The molecule has 3 heterocycles. The lowest BCUT2D eigenvalue weighted by Crippen LogP contribution is -2.46. The van der Waals surface area contributed by atoms with Crippen LogP contribution in [-0.2, 0) is 6.54 Å². The fourth-order valence-corrected chi connectivity index (χ4v) is 4.92. The Morgan fingerprint density at radius 3 is 2.17 bits per heavy atom. The molecule has 0 saturated carbocycles. The third-order valence-electron chi connectivity index (χ3n) is 6.36. The number of nitrogens with zero attached hydrogens (tertiary/aromatic N) is 6. The van der Waals surface area contributed by atoms with Gasteiger partial charge in [-0.15, -0.1) is 12.4 Å². The lowest BCUT2D eigenvalue weighted by Gasteiger charge is -2.36. The quantitative estimate of drug-likeness (QED) is 0.363. The van der Waals surface area contributed by atoms with Crippen molar-refractivity contribution >= 4 is 41.3 Å². The molecule has 0 radical (unpaired) electrons. The number of piperazine rings is 1. The molecule has 1 aliphatic rings. The molecular formula is C26H29ClN6OS. The molecular weight excluding hydrogens is 480 g/mol. The van der Waals surface area contributed by atoms with Crippen molar-refractivity contribution in [2.45, 2.75) is 19.9 Å². The number of aryl methyl sites for hydroxylation is 1. The summed E-state index contributed by atoms with van der Waals surface area (Å²) in [6.45, 7) is 7.36. The van der Waals surface area contributed by atoms with E-state index in [4.69, 9.17) is 12.2 Å². The van der Waals surface area contributed by atoms with E-state index in [-0.39, 0.29) is 18.0 Å². The van der Waals surface area contributed by atoms with E-state index in [1.54, 1.807) is 10.8 Å². The van der Waals surface area contributed by atoms with Crippen molar-refractivity contribution in [3.8, 4) is 5.69 Å². The number of para-hydroxylation sites is 2. The fraction of sp³-hybridized carbons (Fsp3) is 0.308. The van der Waals surface area contributed by atoms with Crippen molar-refractivity contribution in [3.05, 3.63) is 87.8 Å². The van der Waals surface area contributed by atoms with Gasteiger partial charge in [-0.05, 0) is 56.4 Å². The molecule has 9 heteroatoms. The van der Waals surface area contributed by atoms with E-state index in [2.05, 4.69) is 50.1 Å². The van der Waals surface area contributed by atoms with E-state index in [9.17, 15) is 4.79 Å². The Labute approximate surface area is 216 Å². The molecule has 7 nitrogen and oxygen atoms in total. The number of benzene rings is 2.